The van der Waals surface area contributed by atoms with E-state index in [0.29, 0.717) is 19.7 Å². The van der Waals surface area contributed by atoms with Gasteiger partial charge in [-0.1, -0.05) is 13.3 Å². The minimum absolute atomic E-state index is 0.0972. The first kappa shape index (κ1) is 17.2. The number of nitrogens with zero attached hydrogens (tertiary/aromatic N) is 2. The fraction of sp³-hybridized carbons (Fsp3) is 0.632. The van der Waals surface area contributed by atoms with E-state index in [0.717, 1.165) is 50.0 Å². The van der Waals surface area contributed by atoms with Crippen LogP contribution in [-0.4, -0.2) is 60.9 Å². The lowest BCUT2D eigenvalue weighted by Crippen LogP contribution is -2.45. The Labute approximate surface area is 144 Å². The van der Waals surface area contributed by atoms with Crippen LogP contribution in [0.5, 0.6) is 0 Å². The highest BCUT2D eigenvalue weighted by molar-refractivity contribution is 5.94. The number of aliphatic hydroxyl groups is 1. The van der Waals surface area contributed by atoms with Gasteiger partial charge in [-0.05, 0) is 43.5 Å². The van der Waals surface area contributed by atoms with Gasteiger partial charge in [0.15, 0.2) is 0 Å². The molecule has 0 aromatic heterocycles. The SMILES string of the molecule is CCCC1CN(C(=O)c2ccc(N3CCC(O)CC3)cc2)CCO1. The zero-order chi connectivity index (χ0) is 16.9. The molecule has 2 saturated heterocycles. The third-order valence-electron chi connectivity index (χ3n) is 4.98. The van der Waals surface area contributed by atoms with E-state index in [1.165, 1.54) is 0 Å². The second kappa shape index (κ2) is 7.99. The molecule has 24 heavy (non-hydrogen) atoms. The van der Waals surface area contributed by atoms with Crippen LogP contribution < -0.4 is 4.90 Å². The van der Waals surface area contributed by atoms with Crippen molar-refractivity contribution in [3.05, 3.63) is 29.8 Å². The van der Waals surface area contributed by atoms with Gasteiger partial charge in [-0.3, -0.25) is 4.79 Å². The summed E-state index contributed by atoms with van der Waals surface area (Å²) in [5.41, 5.74) is 1.87. The number of hydrogen-bond acceptors (Lipinski definition) is 4. The summed E-state index contributed by atoms with van der Waals surface area (Å²) in [6, 6.07) is 7.89. The van der Waals surface area contributed by atoms with Crippen molar-refractivity contribution in [2.45, 2.75) is 44.8 Å². The van der Waals surface area contributed by atoms with Crippen LogP contribution in [0.1, 0.15) is 43.0 Å². The summed E-state index contributed by atoms with van der Waals surface area (Å²) in [5.74, 6) is 0.0972. The normalized spacial score (nSPS) is 22.7. The molecule has 3 rings (SSSR count). The average molecular weight is 332 g/mol. The third kappa shape index (κ3) is 4.08. The van der Waals surface area contributed by atoms with Crippen molar-refractivity contribution in [1.82, 2.24) is 4.90 Å². The first-order valence-corrected chi connectivity index (χ1v) is 9.11. The maximum Gasteiger partial charge on any atom is 0.254 e. The Morgan fingerprint density at radius 1 is 1.21 bits per heavy atom. The van der Waals surface area contributed by atoms with E-state index >= 15 is 0 Å². The van der Waals surface area contributed by atoms with Gasteiger partial charge in [-0.25, -0.2) is 0 Å². The van der Waals surface area contributed by atoms with E-state index in [1.54, 1.807) is 0 Å². The molecule has 0 spiro atoms. The van der Waals surface area contributed by atoms with Gasteiger partial charge in [0.05, 0.1) is 18.8 Å². The number of morpholine rings is 1. The average Bonchev–Trinajstić information content (AvgIpc) is 2.62. The number of carbonyl (C=O) groups excluding carboxylic acids is 1. The number of amides is 1. The van der Waals surface area contributed by atoms with Crippen molar-refractivity contribution in [3.8, 4) is 0 Å². The fourth-order valence-corrected chi connectivity index (χ4v) is 3.52. The molecule has 2 aliphatic rings. The van der Waals surface area contributed by atoms with Gasteiger partial charge in [-0.15, -0.1) is 0 Å². The number of ether oxygens (including phenoxy) is 1. The van der Waals surface area contributed by atoms with Gasteiger partial charge in [-0.2, -0.15) is 0 Å². The zero-order valence-electron chi connectivity index (χ0n) is 14.5. The predicted molar refractivity (Wildman–Crippen MR) is 94.4 cm³/mol. The van der Waals surface area contributed by atoms with Gasteiger partial charge < -0.3 is 19.6 Å². The molecular formula is C19H28N2O3. The number of piperidine rings is 1. The zero-order valence-corrected chi connectivity index (χ0v) is 14.5. The van der Waals surface area contributed by atoms with Crippen LogP contribution >= 0.6 is 0 Å². The Balaban J connectivity index is 1.61. The van der Waals surface area contributed by atoms with Gasteiger partial charge in [0.25, 0.3) is 5.91 Å². The molecule has 1 aromatic carbocycles. The van der Waals surface area contributed by atoms with E-state index in [2.05, 4.69) is 11.8 Å². The summed E-state index contributed by atoms with van der Waals surface area (Å²) < 4.78 is 5.72. The lowest BCUT2D eigenvalue weighted by molar-refractivity contribution is -0.0250. The monoisotopic (exact) mass is 332 g/mol. The highest BCUT2D eigenvalue weighted by atomic mass is 16.5. The summed E-state index contributed by atoms with van der Waals surface area (Å²) >= 11 is 0. The number of benzene rings is 1. The second-order valence-electron chi connectivity index (χ2n) is 6.80. The van der Waals surface area contributed by atoms with Crippen molar-refractivity contribution in [1.29, 1.82) is 0 Å². The first-order valence-electron chi connectivity index (χ1n) is 9.11. The Bertz CT molecular complexity index is 536. The van der Waals surface area contributed by atoms with Gasteiger partial charge in [0, 0.05) is 37.4 Å². The Morgan fingerprint density at radius 3 is 2.58 bits per heavy atom. The minimum Gasteiger partial charge on any atom is -0.393 e. The molecule has 0 bridgehead atoms. The lowest BCUT2D eigenvalue weighted by atomic mass is 10.1. The predicted octanol–water partition coefficient (Wildman–Crippen LogP) is 2.29. The van der Waals surface area contributed by atoms with Crippen LogP contribution in [0.3, 0.4) is 0 Å². The summed E-state index contributed by atoms with van der Waals surface area (Å²) in [6.07, 6.45) is 3.71. The van der Waals surface area contributed by atoms with Crippen LogP contribution in [0.25, 0.3) is 0 Å². The van der Waals surface area contributed by atoms with Crippen molar-refractivity contribution in [3.63, 3.8) is 0 Å². The highest BCUT2D eigenvalue weighted by Crippen LogP contribution is 2.21. The van der Waals surface area contributed by atoms with Crippen molar-refractivity contribution >= 4 is 11.6 Å². The molecule has 0 radical (unpaired) electrons. The van der Waals surface area contributed by atoms with Gasteiger partial charge >= 0.3 is 0 Å². The Morgan fingerprint density at radius 2 is 1.92 bits per heavy atom. The maximum atomic E-state index is 12.7. The number of anilines is 1. The molecule has 1 unspecified atom stereocenters. The number of aliphatic hydroxyl groups excluding tert-OH is 1. The third-order valence-corrected chi connectivity index (χ3v) is 4.98. The fourth-order valence-electron chi connectivity index (χ4n) is 3.52. The number of hydrogen-bond donors (Lipinski definition) is 1. The smallest absolute Gasteiger partial charge is 0.254 e. The van der Waals surface area contributed by atoms with Crippen molar-refractivity contribution in [2.75, 3.05) is 37.7 Å². The molecule has 0 saturated carbocycles. The van der Waals surface area contributed by atoms with E-state index in [1.807, 2.05) is 29.2 Å². The largest absolute Gasteiger partial charge is 0.393 e. The number of rotatable bonds is 4. The molecule has 1 N–H and O–H groups in total. The molecule has 5 heteroatoms. The van der Waals surface area contributed by atoms with Gasteiger partial charge in [0.2, 0.25) is 0 Å². The lowest BCUT2D eigenvalue weighted by Gasteiger charge is -2.33. The Kier molecular flexibility index (Phi) is 5.74. The van der Waals surface area contributed by atoms with Crippen molar-refractivity contribution in [2.24, 2.45) is 0 Å². The van der Waals surface area contributed by atoms with Crippen molar-refractivity contribution < 1.29 is 14.6 Å². The topological polar surface area (TPSA) is 53.0 Å². The van der Waals surface area contributed by atoms with Crippen LogP contribution in [0, 0.1) is 0 Å². The molecule has 1 atom stereocenters. The molecule has 0 aliphatic carbocycles. The Hall–Kier alpha value is -1.59. The quantitative estimate of drug-likeness (QED) is 0.919. The van der Waals surface area contributed by atoms with E-state index < -0.39 is 0 Å². The second-order valence-corrected chi connectivity index (χ2v) is 6.80. The van der Waals surface area contributed by atoms with Crippen LogP contribution in [0.2, 0.25) is 0 Å². The molecule has 2 heterocycles. The molecule has 1 amide bonds. The number of carbonyl (C=O) groups is 1. The summed E-state index contributed by atoms with van der Waals surface area (Å²) in [4.78, 5) is 16.9. The first-order chi connectivity index (χ1) is 11.7. The molecular weight excluding hydrogens is 304 g/mol. The van der Waals surface area contributed by atoms with E-state index in [9.17, 15) is 9.90 Å². The van der Waals surface area contributed by atoms with Crippen LogP contribution in [-0.2, 0) is 4.74 Å². The molecule has 5 nitrogen and oxygen atoms in total. The summed E-state index contributed by atoms with van der Waals surface area (Å²) in [6.45, 7) is 5.88. The summed E-state index contributed by atoms with van der Waals surface area (Å²) in [7, 11) is 0. The van der Waals surface area contributed by atoms with Crippen LogP contribution in [0.15, 0.2) is 24.3 Å². The maximum absolute atomic E-state index is 12.7. The molecule has 132 valence electrons. The molecule has 2 aliphatic heterocycles. The minimum atomic E-state index is -0.167. The van der Waals surface area contributed by atoms with E-state index in [4.69, 9.17) is 4.74 Å². The highest BCUT2D eigenvalue weighted by Gasteiger charge is 2.24. The van der Waals surface area contributed by atoms with Gasteiger partial charge in [0.1, 0.15) is 0 Å². The van der Waals surface area contributed by atoms with E-state index in [-0.39, 0.29) is 18.1 Å². The molecule has 1 aromatic rings. The summed E-state index contributed by atoms with van der Waals surface area (Å²) in [5, 5.41) is 9.61. The van der Waals surface area contributed by atoms with Crippen LogP contribution in [0.4, 0.5) is 5.69 Å². The standard InChI is InChI=1S/C19H28N2O3/c1-2-3-18-14-21(12-13-24-18)19(23)15-4-6-16(7-5-15)20-10-8-17(22)9-11-20/h4-7,17-18,22H,2-3,8-14H2,1H3. The molecule has 2 fully saturated rings.